The molecule has 0 N–H and O–H groups in total. The van der Waals surface area contributed by atoms with Crippen molar-refractivity contribution in [3.05, 3.63) is 23.2 Å². The molecule has 3 rings (SSSR count). The topological polar surface area (TPSA) is 56.7 Å². The predicted molar refractivity (Wildman–Crippen MR) is 46.2 cm³/mol. The molecule has 0 amide bonds. The van der Waals surface area contributed by atoms with Gasteiger partial charge in [-0.2, -0.15) is 5.10 Å². The van der Waals surface area contributed by atoms with Crippen molar-refractivity contribution in [3.8, 4) is 0 Å². The number of aldehydes is 1. The molecule has 5 heteroatoms. The Morgan fingerprint density at radius 3 is 3.36 bits per heavy atom. The van der Waals surface area contributed by atoms with Crippen LogP contribution in [0.4, 0.5) is 0 Å². The molecule has 0 atom stereocenters. The minimum Gasteiger partial charge on any atom is -0.439 e. The normalized spacial score (nSPS) is 15.7. The number of rotatable bonds is 1. The van der Waals surface area contributed by atoms with Gasteiger partial charge in [-0.05, 0) is 0 Å². The fourth-order valence-electron chi connectivity index (χ4n) is 1.70. The molecular formula is C9H8N2O3. The van der Waals surface area contributed by atoms with Crippen molar-refractivity contribution in [2.45, 2.75) is 13.0 Å². The average molecular weight is 192 g/mol. The molecule has 5 nitrogen and oxygen atoms in total. The lowest BCUT2D eigenvalue weighted by atomic mass is 10.2. The SMILES string of the molecule is O=Cc1cc2oc3c(n2n1)CCOC3. The maximum Gasteiger partial charge on any atom is 0.222 e. The Balaban J connectivity index is 2.26. The number of carbonyl (C=O) groups is 1. The summed E-state index contributed by atoms with van der Waals surface area (Å²) in [4.78, 5) is 10.5. The molecule has 2 aromatic heterocycles. The lowest BCUT2D eigenvalue weighted by Crippen LogP contribution is -2.10. The Bertz CT molecular complexity index is 497. The van der Waals surface area contributed by atoms with Gasteiger partial charge in [-0.1, -0.05) is 0 Å². The van der Waals surface area contributed by atoms with Gasteiger partial charge in [0, 0.05) is 12.5 Å². The van der Waals surface area contributed by atoms with Crippen LogP contribution < -0.4 is 0 Å². The van der Waals surface area contributed by atoms with Crippen LogP contribution >= 0.6 is 0 Å². The largest absolute Gasteiger partial charge is 0.439 e. The maximum absolute atomic E-state index is 10.5. The van der Waals surface area contributed by atoms with Crippen LogP contribution in [0.5, 0.6) is 0 Å². The number of carbonyl (C=O) groups excluding carboxylic acids is 1. The number of aromatic nitrogens is 2. The van der Waals surface area contributed by atoms with Gasteiger partial charge in [-0.25, -0.2) is 4.52 Å². The van der Waals surface area contributed by atoms with Crippen LogP contribution in [-0.2, 0) is 17.8 Å². The molecule has 0 spiro atoms. The molecule has 2 aromatic rings. The summed E-state index contributed by atoms with van der Waals surface area (Å²) in [6, 6.07) is 1.63. The first-order valence-corrected chi connectivity index (χ1v) is 4.42. The number of fused-ring (bicyclic) bond motifs is 3. The summed E-state index contributed by atoms with van der Waals surface area (Å²) in [7, 11) is 0. The molecule has 1 aliphatic rings. The number of nitrogens with zero attached hydrogens (tertiary/aromatic N) is 2. The summed E-state index contributed by atoms with van der Waals surface area (Å²) in [5.74, 6) is 0.816. The molecule has 0 saturated carbocycles. The van der Waals surface area contributed by atoms with Crippen LogP contribution in [0.25, 0.3) is 5.71 Å². The fraction of sp³-hybridized carbons (Fsp3) is 0.333. The highest BCUT2D eigenvalue weighted by atomic mass is 16.5. The third-order valence-corrected chi connectivity index (χ3v) is 2.34. The average Bonchev–Trinajstić information content (AvgIpc) is 2.73. The third kappa shape index (κ3) is 0.927. The molecule has 0 saturated heterocycles. The van der Waals surface area contributed by atoms with Gasteiger partial charge >= 0.3 is 0 Å². The van der Waals surface area contributed by atoms with Crippen LogP contribution in [0.1, 0.15) is 21.9 Å². The van der Waals surface area contributed by atoms with E-state index in [-0.39, 0.29) is 0 Å². The van der Waals surface area contributed by atoms with Crippen LogP contribution in [0.3, 0.4) is 0 Å². The van der Waals surface area contributed by atoms with Crippen molar-refractivity contribution >= 4 is 12.0 Å². The fourth-order valence-corrected chi connectivity index (χ4v) is 1.70. The van der Waals surface area contributed by atoms with Crippen LogP contribution in [0.2, 0.25) is 0 Å². The molecule has 3 heterocycles. The molecule has 72 valence electrons. The van der Waals surface area contributed by atoms with Crippen molar-refractivity contribution in [2.24, 2.45) is 0 Å². The van der Waals surface area contributed by atoms with E-state index in [4.69, 9.17) is 9.15 Å². The Hall–Kier alpha value is -1.62. The van der Waals surface area contributed by atoms with E-state index in [0.717, 1.165) is 17.9 Å². The number of hydrogen-bond donors (Lipinski definition) is 0. The standard InChI is InChI=1S/C9H8N2O3/c12-4-6-3-9-11(10-6)7-1-2-13-5-8(7)14-9/h3-4H,1-2,5H2. The smallest absolute Gasteiger partial charge is 0.222 e. The summed E-state index contributed by atoms with van der Waals surface area (Å²) in [6.45, 7) is 1.17. The Kier molecular flexibility index (Phi) is 1.49. The summed E-state index contributed by atoms with van der Waals surface area (Å²) >= 11 is 0. The van der Waals surface area contributed by atoms with E-state index in [9.17, 15) is 4.79 Å². The van der Waals surface area contributed by atoms with Gasteiger partial charge in [-0.3, -0.25) is 4.79 Å². The predicted octanol–water partition coefficient (Wildman–Crippen LogP) is 0.812. The van der Waals surface area contributed by atoms with Crippen LogP contribution in [0.15, 0.2) is 10.5 Å². The molecule has 1 aliphatic heterocycles. The van der Waals surface area contributed by atoms with Gasteiger partial charge in [-0.15, -0.1) is 0 Å². The van der Waals surface area contributed by atoms with E-state index < -0.39 is 0 Å². The van der Waals surface area contributed by atoms with E-state index in [0.29, 0.717) is 30.9 Å². The number of oxazole rings is 1. The lowest BCUT2D eigenvalue weighted by molar-refractivity contribution is 0.0940. The molecule has 0 aliphatic carbocycles. The minimum atomic E-state index is 0.401. The van der Waals surface area contributed by atoms with E-state index in [1.807, 2.05) is 0 Å². The second kappa shape index (κ2) is 2.68. The van der Waals surface area contributed by atoms with Crippen molar-refractivity contribution in [2.75, 3.05) is 6.61 Å². The monoisotopic (exact) mass is 192 g/mol. The third-order valence-electron chi connectivity index (χ3n) is 2.34. The van der Waals surface area contributed by atoms with Gasteiger partial charge in [0.1, 0.15) is 12.3 Å². The van der Waals surface area contributed by atoms with E-state index in [1.165, 1.54) is 0 Å². The van der Waals surface area contributed by atoms with E-state index >= 15 is 0 Å². The number of ether oxygens (including phenoxy) is 1. The first kappa shape index (κ1) is 7.75. The maximum atomic E-state index is 10.5. The van der Waals surface area contributed by atoms with Crippen LogP contribution in [-0.4, -0.2) is 22.5 Å². The van der Waals surface area contributed by atoms with Crippen molar-refractivity contribution in [1.82, 2.24) is 9.61 Å². The number of hydrogen-bond acceptors (Lipinski definition) is 4. The summed E-state index contributed by atoms with van der Waals surface area (Å²) in [5.41, 5.74) is 2.03. The summed E-state index contributed by atoms with van der Waals surface area (Å²) in [5, 5.41) is 4.10. The highest BCUT2D eigenvalue weighted by Gasteiger charge is 2.19. The molecular weight excluding hydrogens is 184 g/mol. The van der Waals surface area contributed by atoms with Crippen molar-refractivity contribution in [1.29, 1.82) is 0 Å². The van der Waals surface area contributed by atoms with Crippen molar-refractivity contribution in [3.63, 3.8) is 0 Å². The molecule has 0 bridgehead atoms. The van der Waals surface area contributed by atoms with Gasteiger partial charge in [0.15, 0.2) is 12.0 Å². The first-order chi connectivity index (χ1) is 6.88. The quantitative estimate of drug-likeness (QED) is 0.627. The molecule has 0 aromatic carbocycles. The Labute approximate surface area is 79.3 Å². The highest BCUT2D eigenvalue weighted by molar-refractivity contribution is 5.73. The van der Waals surface area contributed by atoms with Gasteiger partial charge < -0.3 is 9.15 Å². The Morgan fingerprint density at radius 2 is 2.50 bits per heavy atom. The van der Waals surface area contributed by atoms with E-state index in [1.54, 1.807) is 10.6 Å². The molecule has 0 fully saturated rings. The van der Waals surface area contributed by atoms with Gasteiger partial charge in [0.25, 0.3) is 0 Å². The van der Waals surface area contributed by atoms with Crippen LogP contribution in [0, 0.1) is 0 Å². The molecule has 14 heavy (non-hydrogen) atoms. The minimum absolute atomic E-state index is 0.401. The molecule has 0 radical (unpaired) electrons. The zero-order valence-electron chi connectivity index (χ0n) is 7.40. The molecule has 0 unspecified atom stereocenters. The second-order valence-corrected chi connectivity index (χ2v) is 3.21. The lowest BCUT2D eigenvalue weighted by Gasteiger charge is -2.08. The Morgan fingerprint density at radius 1 is 1.57 bits per heavy atom. The zero-order chi connectivity index (χ0) is 9.54. The summed E-state index contributed by atoms with van der Waals surface area (Å²) < 4.78 is 12.4. The van der Waals surface area contributed by atoms with Gasteiger partial charge in [0.2, 0.25) is 5.71 Å². The summed E-state index contributed by atoms with van der Waals surface area (Å²) in [6.07, 6.45) is 1.50. The van der Waals surface area contributed by atoms with Crippen molar-refractivity contribution < 1.29 is 13.9 Å². The zero-order valence-corrected chi connectivity index (χ0v) is 7.40. The van der Waals surface area contributed by atoms with E-state index in [2.05, 4.69) is 5.10 Å². The highest BCUT2D eigenvalue weighted by Crippen LogP contribution is 2.21. The van der Waals surface area contributed by atoms with Gasteiger partial charge in [0.05, 0.1) is 12.3 Å². The second-order valence-electron chi connectivity index (χ2n) is 3.21. The first-order valence-electron chi connectivity index (χ1n) is 4.42.